The first kappa shape index (κ1) is 31.3. The van der Waals surface area contributed by atoms with Crippen LogP contribution in [0.4, 0.5) is 28.9 Å². The smallest absolute Gasteiger partial charge is 0.394 e. The second kappa shape index (κ2) is 12.1. The molecule has 7 nitrogen and oxygen atoms in total. The Morgan fingerprint density at radius 3 is 2.51 bits per heavy atom. The molecular weight excluding hydrogens is 610 g/mol. The van der Waals surface area contributed by atoms with Gasteiger partial charge in [-0.2, -0.15) is 13.2 Å². The maximum atomic E-state index is 14.6. The minimum atomic E-state index is -4.73. The molecule has 0 unspecified atom stereocenters. The number of piperazine rings is 1. The number of aliphatic hydroxyl groups is 2. The van der Waals surface area contributed by atoms with E-state index in [1.54, 1.807) is 37.3 Å². The van der Waals surface area contributed by atoms with Gasteiger partial charge in [-0.3, -0.25) is 9.21 Å². The molecule has 43 heavy (non-hydrogen) atoms. The molecule has 0 radical (unpaired) electrons. The van der Waals surface area contributed by atoms with Crippen LogP contribution in [0.1, 0.15) is 23.6 Å². The summed E-state index contributed by atoms with van der Waals surface area (Å²) in [5.74, 6) is -0.514. The number of halogens is 5. The number of anilines is 2. The summed E-state index contributed by atoms with van der Waals surface area (Å²) < 4.78 is 84.3. The molecule has 0 spiro atoms. The van der Waals surface area contributed by atoms with Gasteiger partial charge in [0.05, 0.1) is 52.2 Å². The number of allylic oxidation sites excluding steroid dienone is 1. The van der Waals surface area contributed by atoms with Crippen molar-refractivity contribution in [3.05, 3.63) is 88.2 Å². The minimum Gasteiger partial charge on any atom is -0.394 e. The zero-order chi connectivity index (χ0) is 31.1. The van der Waals surface area contributed by atoms with Gasteiger partial charge in [0.25, 0.3) is 10.0 Å². The summed E-state index contributed by atoms with van der Waals surface area (Å²) in [4.78, 5) is 3.46. The van der Waals surface area contributed by atoms with E-state index in [-0.39, 0.29) is 35.4 Å². The van der Waals surface area contributed by atoms with Crippen LogP contribution in [0.5, 0.6) is 0 Å². The number of alkyl halides is 3. The maximum absolute atomic E-state index is 14.6. The van der Waals surface area contributed by atoms with E-state index in [4.69, 9.17) is 11.6 Å². The fourth-order valence-electron chi connectivity index (χ4n) is 5.66. The summed E-state index contributed by atoms with van der Waals surface area (Å²) in [6, 6.07) is 12.7. The van der Waals surface area contributed by atoms with E-state index in [9.17, 15) is 36.2 Å². The number of nitrogens with zero attached hydrogens (tertiary/aromatic N) is 3. The van der Waals surface area contributed by atoms with E-state index in [0.29, 0.717) is 42.5 Å². The molecule has 2 aliphatic heterocycles. The van der Waals surface area contributed by atoms with Gasteiger partial charge in [-0.1, -0.05) is 35.9 Å². The maximum Gasteiger partial charge on any atom is 0.416 e. The van der Waals surface area contributed by atoms with E-state index < -0.39 is 45.2 Å². The lowest BCUT2D eigenvalue weighted by Crippen LogP contribution is -2.61. The number of aliphatic hydroxyl groups excluding tert-OH is 2. The number of benzene rings is 3. The zero-order valence-corrected chi connectivity index (χ0v) is 24.7. The Morgan fingerprint density at radius 1 is 1.07 bits per heavy atom. The van der Waals surface area contributed by atoms with Crippen LogP contribution in [0.15, 0.2) is 65.6 Å². The van der Waals surface area contributed by atoms with Gasteiger partial charge in [-0.05, 0) is 60.5 Å². The van der Waals surface area contributed by atoms with E-state index in [0.717, 1.165) is 22.5 Å². The van der Waals surface area contributed by atoms with Crippen molar-refractivity contribution >= 4 is 44.6 Å². The van der Waals surface area contributed by atoms with Gasteiger partial charge in [0, 0.05) is 31.7 Å². The van der Waals surface area contributed by atoms with E-state index in [1.165, 1.54) is 12.1 Å². The lowest BCUT2D eigenvalue weighted by Gasteiger charge is -2.49. The van der Waals surface area contributed by atoms with Crippen LogP contribution in [0.3, 0.4) is 0 Å². The van der Waals surface area contributed by atoms with Gasteiger partial charge in [-0.25, -0.2) is 12.8 Å². The lowest BCUT2D eigenvalue weighted by molar-refractivity contribution is -0.137. The number of sulfonamides is 1. The van der Waals surface area contributed by atoms with Crippen LogP contribution in [-0.2, 0) is 16.2 Å². The standard InChI is InChI=1S/C30H30ClF4N3O4S/c1-19(29-25(31)6-3-7-26(29)32)12-20-8-9-27-28(13-20)38(16-22-15-36(10-11-37(22)27)17-23(40)18-39)43(41,42)24-5-2-4-21(14-24)30(33,34)35/h2-9,12-14,22-23,39-40H,10-11,15-18H2,1H3/b19-12+/t22-,23+/m0/s1. The number of hydrogen-bond acceptors (Lipinski definition) is 6. The van der Waals surface area contributed by atoms with Crippen molar-refractivity contribution < 1.29 is 36.2 Å². The highest BCUT2D eigenvalue weighted by Crippen LogP contribution is 2.42. The van der Waals surface area contributed by atoms with Crippen LogP contribution >= 0.6 is 11.6 Å². The monoisotopic (exact) mass is 639 g/mol. The van der Waals surface area contributed by atoms with Crippen LogP contribution < -0.4 is 9.21 Å². The Morgan fingerprint density at radius 2 is 1.81 bits per heavy atom. The second-order valence-electron chi connectivity index (χ2n) is 10.7. The molecule has 13 heteroatoms. The molecule has 1 saturated heterocycles. The SMILES string of the molecule is C/C(=C\c1ccc2c(c1)N(S(=O)(=O)c1cccc(C(F)(F)F)c1)C[C@@H]1CN(C[C@@H](O)CO)CCN21)c1c(F)cccc1Cl. The first-order chi connectivity index (χ1) is 20.3. The Hall–Kier alpha value is -3.16. The lowest BCUT2D eigenvalue weighted by atomic mass is 10.0. The third kappa shape index (κ3) is 6.39. The average Bonchev–Trinajstić information content (AvgIpc) is 2.96. The van der Waals surface area contributed by atoms with Crippen LogP contribution in [-0.4, -0.2) is 75.0 Å². The molecule has 2 N–H and O–H groups in total. The predicted octanol–water partition coefficient (Wildman–Crippen LogP) is 5.11. The number of rotatable bonds is 7. The summed E-state index contributed by atoms with van der Waals surface area (Å²) >= 11 is 6.24. The molecule has 2 aliphatic rings. The van der Waals surface area contributed by atoms with Crippen molar-refractivity contribution in [3.8, 4) is 0 Å². The highest BCUT2D eigenvalue weighted by molar-refractivity contribution is 7.92. The summed E-state index contributed by atoms with van der Waals surface area (Å²) in [6.07, 6.45) is -4.03. The third-order valence-corrected chi connectivity index (χ3v) is 9.78. The summed E-state index contributed by atoms with van der Waals surface area (Å²) in [6.45, 7) is 2.77. The van der Waals surface area contributed by atoms with Crippen molar-refractivity contribution in [2.75, 3.05) is 48.5 Å². The van der Waals surface area contributed by atoms with Crippen molar-refractivity contribution in [1.82, 2.24) is 4.90 Å². The molecular formula is C30H30ClF4N3O4S. The van der Waals surface area contributed by atoms with Gasteiger partial charge in [0.2, 0.25) is 0 Å². The summed E-state index contributed by atoms with van der Waals surface area (Å²) in [5.41, 5.74) is 1.02. The van der Waals surface area contributed by atoms with Gasteiger partial charge >= 0.3 is 6.18 Å². The Kier molecular flexibility index (Phi) is 8.79. The molecule has 0 aliphatic carbocycles. The van der Waals surface area contributed by atoms with Crippen LogP contribution in [0, 0.1) is 5.82 Å². The average molecular weight is 640 g/mol. The second-order valence-corrected chi connectivity index (χ2v) is 12.9. The van der Waals surface area contributed by atoms with Gasteiger partial charge in [0.15, 0.2) is 0 Å². The van der Waals surface area contributed by atoms with Crippen molar-refractivity contribution in [2.24, 2.45) is 0 Å². The van der Waals surface area contributed by atoms with E-state index in [1.807, 2.05) is 9.80 Å². The molecule has 3 aromatic rings. The molecule has 230 valence electrons. The molecule has 0 amide bonds. The largest absolute Gasteiger partial charge is 0.416 e. The fraction of sp³-hybridized carbons (Fsp3) is 0.333. The van der Waals surface area contributed by atoms with Gasteiger partial charge in [-0.15, -0.1) is 0 Å². The van der Waals surface area contributed by atoms with Crippen LogP contribution in [0.25, 0.3) is 11.6 Å². The number of hydrogen-bond donors (Lipinski definition) is 2. The van der Waals surface area contributed by atoms with Crippen LogP contribution in [0.2, 0.25) is 5.02 Å². The van der Waals surface area contributed by atoms with E-state index >= 15 is 0 Å². The molecule has 2 atom stereocenters. The first-order valence-electron chi connectivity index (χ1n) is 13.5. The Balaban J connectivity index is 1.59. The Bertz CT molecular complexity index is 1630. The summed E-state index contributed by atoms with van der Waals surface area (Å²) in [5, 5.41) is 19.5. The number of fused-ring (bicyclic) bond motifs is 3. The molecule has 3 aromatic carbocycles. The normalized spacial score (nSPS) is 18.8. The quantitative estimate of drug-likeness (QED) is 0.276. The van der Waals surface area contributed by atoms with Crippen molar-refractivity contribution in [3.63, 3.8) is 0 Å². The highest BCUT2D eigenvalue weighted by atomic mass is 35.5. The van der Waals surface area contributed by atoms with Crippen molar-refractivity contribution in [2.45, 2.75) is 30.1 Å². The predicted molar refractivity (Wildman–Crippen MR) is 158 cm³/mol. The van der Waals surface area contributed by atoms with Gasteiger partial charge in [0.1, 0.15) is 5.82 Å². The molecule has 1 fully saturated rings. The molecule has 5 rings (SSSR count). The third-order valence-electron chi connectivity index (χ3n) is 7.69. The fourth-order valence-corrected chi connectivity index (χ4v) is 7.53. The zero-order valence-electron chi connectivity index (χ0n) is 23.1. The van der Waals surface area contributed by atoms with E-state index in [2.05, 4.69) is 0 Å². The van der Waals surface area contributed by atoms with Crippen molar-refractivity contribution in [1.29, 1.82) is 0 Å². The van der Waals surface area contributed by atoms with Gasteiger partial charge < -0.3 is 15.1 Å². The molecule has 0 bridgehead atoms. The molecule has 0 aromatic heterocycles. The summed E-state index contributed by atoms with van der Waals surface area (Å²) in [7, 11) is -4.47. The first-order valence-corrected chi connectivity index (χ1v) is 15.4. The Labute approximate surface area is 252 Å². The number of β-amino-alcohol motifs (C(OH)–C–C–N with tert-alkyl or cyclic N) is 1. The molecule has 0 saturated carbocycles. The highest BCUT2D eigenvalue weighted by Gasteiger charge is 2.41. The topological polar surface area (TPSA) is 84.3 Å². The minimum absolute atomic E-state index is 0.0669. The molecule has 2 heterocycles.